The summed E-state index contributed by atoms with van der Waals surface area (Å²) >= 11 is 0. The summed E-state index contributed by atoms with van der Waals surface area (Å²) in [7, 11) is -4.05. The highest BCUT2D eigenvalue weighted by molar-refractivity contribution is 7.91. The molecule has 0 saturated heterocycles. The third-order valence-corrected chi connectivity index (χ3v) is 6.42. The van der Waals surface area contributed by atoms with Crippen LogP contribution >= 0.6 is 0 Å². The first-order valence-corrected chi connectivity index (χ1v) is 9.48. The van der Waals surface area contributed by atoms with E-state index in [1.165, 1.54) is 24.5 Å². The van der Waals surface area contributed by atoms with Gasteiger partial charge in [0, 0.05) is 12.4 Å². The van der Waals surface area contributed by atoms with E-state index in [1.54, 1.807) is 24.3 Å². The molecule has 1 amide bonds. The number of carbonyl (C=O) groups excluding carboxylic acids is 2. The number of sulfonamides is 1. The van der Waals surface area contributed by atoms with E-state index in [0.717, 1.165) is 0 Å². The Morgan fingerprint density at radius 3 is 2.15 bits per heavy atom. The number of pyridine rings is 2. The van der Waals surface area contributed by atoms with E-state index in [4.69, 9.17) is 4.74 Å². The standard InChI is InChI=1S/C17H17N3O5S/c21-15(13-6-1-3-10-18-13)20-26(23,24)17(8-5-9-17)12-25-16(22)14-7-2-4-11-19-14/h1-4,6-7,10-11H,5,8-9,12H2,(H,20,21). The largest absolute Gasteiger partial charge is 0.459 e. The van der Waals surface area contributed by atoms with E-state index >= 15 is 0 Å². The summed E-state index contributed by atoms with van der Waals surface area (Å²) in [6.07, 6.45) is 4.11. The van der Waals surface area contributed by atoms with Crippen molar-refractivity contribution in [1.29, 1.82) is 0 Å². The molecule has 1 aliphatic carbocycles. The van der Waals surface area contributed by atoms with Gasteiger partial charge in [-0.05, 0) is 43.5 Å². The molecule has 1 fully saturated rings. The number of amides is 1. The number of rotatable bonds is 6. The van der Waals surface area contributed by atoms with Gasteiger partial charge in [0.15, 0.2) is 0 Å². The van der Waals surface area contributed by atoms with Gasteiger partial charge in [0.2, 0.25) is 10.0 Å². The van der Waals surface area contributed by atoms with Crippen LogP contribution in [-0.4, -0.2) is 41.6 Å². The van der Waals surface area contributed by atoms with Crippen molar-refractivity contribution in [2.24, 2.45) is 0 Å². The number of aromatic nitrogens is 2. The van der Waals surface area contributed by atoms with Crippen LogP contribution in [0.15, 0.2) is 48.8 Å². The summed E-state index contributed by atoms with van der Waals surface area (Å²) < 4.78 is 31.3. The molecule has 9 heteroatoms. The molecule has 0 atom stereocenters. The van der Waals surface area contributed by atoms with Gasteiger partial charge in [0.25, 0.3) is 5.91 Å². The van der Waals surface area contributed by atoms with Gasteiger partial charge in [-0.25, -0.2) is 22.9 Å². The van der Waals surface area contributed by atoms with Gasteiger partial charge < -0.3 is 4.74 Å². The maximum absolute atomic E-state index is 12.7. The number of nitrogens with one attached hydrogen (secondary N) is 1. The summed E-state index contributed by atoms with van der Waals surface area (Å²) in [4.78, 5) is 31.9. The molecule has 0 bridgehead atoms. The van der Waals surface area contributed by atoms with Gasteiger partial charge in [-0.1, -0.05) is 12.1 Å². The highest BCUT2D eigenvalue weighted by Gasteiger charge is 2.51. The molecule has 2 heterocycles. The highest BCUT2D eigenvalue weighted by Crippen LogP contribution is 2.39. The SMILES string of the molecule is O=C(NS(=O)(=O)C1(COC(=O)c2ccccn2)CCC1)c1ccccn1. The Morgan fingerprint density at radius 1 is 1.04 bits per heavy atom. The molecule has 1 saturated carbocycles. The minimum Gasteiger partial charge on any atom is -0.459 e. The maximum Gasteiger partial charge on any atom is 0.356 e. The van der Waals surface area contributed by atoms with Crippen LogP contribution in [0, 0.1) is 0 Å². The van der Waals surface area contributed by atoms with Crippen molar-refractivity contribution in [3.63, 3.8) is 0 Å². The van der Waals surface area contributed by atoms with Gasteiger partial charge in [-0.15, -0.1) is 0 Å². The molecule has 136 valence electrons. The average Bonchev–Trinajstić information content (AvgIpc) is 2.61. The molecule has 3 rings (SSSR count). The molecule has 0 spiro atoms. The highest BCUT2D eigenvalue weighted by atomic mass is 32.2. The minimum atomic E-state index is -4.05. The van der Waals surface area contributed by atoms with E-state index in [0.29, 0.717) is 19.3 Å². The maximum atomic E-state index is 12.7. The van der Waals surface area contributed by atoms with E-state index in [9.17, 15) is 18.0 Å². The zero-order valence-electron chi connectivity index (χ0n) is 13.8. The lowest BCUT2D eigenvalue weighted by Crippen LogP contribution is -2.55. The lowest BCUT2D eigenvalue weighted by Gasteiger charge is -2.39. The molecule has 0 unspecified atom stereocenters. The third-order valence-electron chi connectivity index (χ3n) is 4.30. The fourth-order valence-electron chi connectivity index (χ4n) is 2.60. The molecule has 2 aromatic heterocycles. The smallest absolute Gasteiger partial charge is 0.356 e. The second-order valence-electron chi connectivity index (χ2n) is 5.98. The number of esters is 1. The van der Waals surface area contributed by atoms with Crippen molar-refractivity contribution in [2.45, 2.75) is 24.0 Å². The first-order valence-electron chi connectivity index (χ1n) is 7.99. The second-order valence-corrected chi connectivity index (χ2v) is 8.05. The van der Waals surface area contributed by atoms with Gasteiger partial charge in [0.1, 0.15) is 22.7 Å². The Labute approximate surface area is 150 Å². The molecule has 2 aromatic rings. The monoisotopic (exact) mass is 375 g/mol. The summed E-state index contributed by atoms with van der Waals surface area (Å²) in [5.41, 5.74) is 0.0907. The van der Waals surface area contributed by atoms with Crippen molar-refractivity contribution in [2.75, 3.05) is 6.61 Å². The molecule has 1 N–H and O–H groups in total. The van der Waals surface area contributed by atoms with Gasteiger partial charge in [-0.2, -0.15) is 0 Å². The van der Waals surface area contributed by atoms with Gasteiger partial charge >= 0.3 is 5.97 Å². The van der Waals surface area contributed by atoms with Crippen LogP contribution in [0.1, 0.15) is 40.2 Å². The van der Waals surface area contributed by atoms with Gasteiger partial charge in [-0.3, -0.25) is 9.78 Å². The first-order chi connectivity index (χ1) is 12.4. The molecular weight excluding hydrogens is 358 g/mol. The first kappa shape index (κ1) is 18.0. The lowest BCUT2D eigenvalue weighted by molar-refractivity contribution is 0.0399. The summed E-state index contributed by atoms with van der Waals surface area (Å²) in [5.74, 6) is -1.52. The van der Waals surface area contributed by atoms with Crippen LogP contribution in [0.25, 0.3) is 0 Å². The summed E-state index contributed by atoms with van der Waals surface area (Å²) in [6.45, 7) is -0.340. The number of ether oxygens (including phenoxy) is 1. The summed E-state index contributed by atoms with van der Waals surface area (Å²) in [6, 6.07) is 9.39. The quantitative estimate of drug-likeness (QED) is 0.757. The molecule has 0 aromatic carbocycles. The summed E-state index contributed by atoms with van der Waals surface area (Å²) in [5, 5.41) is 0. The fraction of sp³-hybridized carbons (Fsp3) is 0.294. The number of carbonyl (C=O) groups is 2. The van der Waals surface area contributed by atoms with Crippen LogP contribution in [0.5, 0.6) is 0 Å². The number of hydrogen-bond acceptors (Lipinski definition) is 7. The predicted octanol–water partition coefficient (Wildman–Crippen LogP) is 1.32. The van der Waals surface area contributed by atoms with Crippen LogP contribution in [0.3, 0.4) is 0 Å². The normalized spacial score (nSPS) is 15.5. The Morgan fingerprint density at radius 2 is 1.65 bits per heavy atom. The van der Waals surface area contributed by atoms with Crippen molar-refractivity contribution < 1.29 is 22.7 Å². The van der Waals surface area contributed by atoms with Crippen molar-refractivity contribution >= 4 is 21.9 Å². The lowest BCUT2D eigenvalue weighted by atomic mass is 9.85. The minimum absolute atomic E-state index is 0.00368. The van der Waals surface area contributed by atoms with Crippen LogP contribution < -0.4 is 4.72 Å². The Balaban J connectivity index is 1.70. The van der Waals surface area contributed by atoms with Crippen LogP contribution in [0.2, 0.25) is 0 Å². The molecular formula is C17H17N3O5S. The molecule has 0 radical (unpaired) electrons. The number of hydrogen-bond donors (Lipinski definition) is 1. The van der Waals surface area contributed by atoms with Gasteiger partial charge in [0.05, 0.1) is 0 Å². The number of nitrogens with zero attached hydrogens (tertiary/aromatic N) is 2. The Bertz CT molecular complexity index is 897. The molecule has 26 heavy (non-hydrogen) atoms. The van der Waals surface area contributed by atoms with E-state index in [1.807, 2.05) is 4.72 Å². The molecule has 0 aliphatic heterocycles. The van der Waals surface area contributed by atoms with Crippen LogP contribution in [-0.2, 0) is 14.8 Å². The zero-order chi connectivity index (χ0) is 18.6. The van der Waals surface area contributed by atoms with E-state index < -0.39 is 26.6 Å². The van der Waals surface area contributed by atoms with Crippen LogP contribution in [0.4, 0.5) is 0 Å². The second kappa shape index (κ2) is 7.20. The van der Waals surface area contributed by atoms with E-state index in [2.05, 4.69) is 9.97 Å². The van der Waals surface area contributed by atoms with Crippen molar-refractivity contribution in [3.8, 4) is 0 Å². The van der Waals surface area contributed by atoms with Crippen molar-refractivity contribution in [3.05, 3.63) is 60.2 Å². The topological polar surface area (TPSA) is 115 Å². The molecule has 1 aliphatic rings. The van der Waals surface area contributed by atoms with E-state index in [-0.39, 0.29) is 18.0 Å². The third kappa shape index (κ3) is 3.57. The Kier molecular flexibility index (Phi) is 4.99. The fourth-order valence-corrected chi connectivity index (χ4v) is 4.20. The predicted molar refractivity (Wildman–Crippen MR) is 91.7 cm³/mol. The zero-order valence-corrected chi connectivity index (χ0v) is 14.6. The molecule has 8 nitrogen and oxygen atoms in total. The Hall–Kier alpha value is -2.81. The average molecular weight is 375 g/mol. The van der Waals surface area contributed by atoms with Crippen molar-refractivity contribution in [1.82, 2.24) is 14.7 Å².